The van der Waals surface area contributed by atoms with E-state index in [1.807, 2.05) is 11.3 Å². The van der Waals surface area contributed by atoms with Gasteiger partial charge in [-0.1, -0.05) is 19.8 Å². The van der Waals surface area contributed by atoms with Crippen molar-refractivity contribution in [3.63, 3.8) is 0 Å². The zero-order valence-electron chi connectivity index (χ0n) is 10.3. The molecule has 1 saturated carbocycles. The summed E-state index contributed by atoms with van der Waals surface area (Å²) in [5, 5.41) is 1.37. The van der Waals surface area contributed by atoms with Gasteiger partial charge in [0.25, 0.3) is 0 Å². The molecular weight excluding hydrogens is 216 g/mol. The predicted octanol–water partition coefficient (Wildman–Crippen LogP) is 3.25. The van der Waals surface area contributed by atoms with Gasteiger partial charge in [-0.2, -0.15) is 0 Å². The maximum atomic E-state index is 5.61. The molecule has 2 N–H and O–H groups in total. The van der Waals surface area contributed by atoms with Crippen molar-refractivity contribution in [3.8, 4) is 0 Å². The van der Waals surface area contributed by atoms with E-state index in [0.29, 0.717) is 0 Å². The lowest BCUT2D eigenvalue weighted by molar-refractivity contribution is 0.347. The molecule has 0 radical (unpaired) electrons. The van der Waals surface area contributed by atoms with Crippen LogP contribution < -0.4 is 5.73 Å². The number of aryl methyl sites for hydroxylation is 1. The van der Waals surface area contributed by atoms with Crippen LogP contribution in [0.25, 0.3) is 0 Å². The van der Waals surface area contributed by atoms with Crippen LogP contribution in [0, 0.1) is 12.8 Å². The largest absolute Gasteiger partial charge is 0.330 e. The van der Waals surface area contributed by atoms with Crippen LogP contribution in [0.15, 0.2) is 0 Å². The molecule has 1 aliphatic carbocycles. The van der Waals surface area contributed by atoms with Crippen LogP contribution in [-0.2, 0) is 6.42 Å². The standard InChI is InChI=1S/C13H22N2S/c1-9-3-5-11(6-4-9)13-15-10(2)12(16-13)7-8-14/h9,11H,3-8,14H2,1-2H3. The first-order chi connectivity index (χ1) is 7.70. The Labute approximate surface area is 102 Å². The lowest BCUT2D eigenvalue weighted by Gasteiger charge is -2.24. The zero-order chi connectivity index (χ0) is 11.5. The van der Waals surface area contributed by atoms with Crippen LogP contribution >= 0.6 is 11.3 Å². The minimum atomic E-state index is 0.728. The average molecular weight is 238 g/mol. The summed E-state index contributed by atoms with van der Waals surface area (Å²) >= 11 is 1.90. The maximum Gasteiger partial charge on any atom is 0.0961 e. The van der Waals surface area contributed by atoms with Gasteiger partial charge in [-0.3, -0.25) is 0 Å². The highest BCUT2D eigenvalue weighted by molar-refractivity contribution is 7.11. The van der Waals surface area contributed by atoms with Crippen molar-refractivity contribution in [1.29, 1.82) is 0 Å². The van der Waals surface area contributed by atoms with Gasteiger partial charge in [0.15, 0.2) is 0 Å². The Morgan fingerprint density at radius 2 is 2.00 bits per heavy atom. The van der Waals surface area contributed by atoms with E-state index >= 15 is 0 Å². The molecule has 1 aromatic heterocycles. The molecule has 2 nitrogen and oxygen atoms in total. The SMILES string of the molecule is Cc1nc(C2CCC(C)CC2)sc1CCN. The molecule has 1 heterocycles. The van der Waals surface area contributed by atoms with Gasteiger partial charge in [-0.15, -0.1) is 11.3 Å². The fourth-order valence-corrected chi connectivity index (χ4v) is 3.75. The maximum absolute atomic E-state index is 5.61. The Balaban J connectivity index is 2.06. The molecule has 3 heteroatoms. The molecular formula is C13H22N2S. The Bertz CT molecular complexity index is 338. The van der Waals surface area contributed by atoms with E-state index in [0.717, 1.165) is 24.8 Å². The first kappa shape index (κ1) is 12.1. The Kier molecular flexibility index (Phi) is 3.98. The number of hydrogen-bond donors (Lipinski definition) is 1. The van der Waals surface area contributed by atoms with Gasteiger partial charge in [-0.05, 0) is 38.6 Å². The molecule has 16 heavy (non-hydrogen) atoms. The monoisotopic (exact) mass is 238 g/mol. The van der Waals surface area contributed by atoms with Gasteiger partial charge in [0, 0.05) is 10.8 Å². The first-order valence-corrected chi connectivity index (χ1v) is 7.18. The summed E-state index contributed by atoms with van der Waals surface area (Å²) in [6.07, 6.45) is 6.39. The number of aromatic nitrogens is 1. The molecule has 1 aromatic rings. The van der Waals surface area contributed by atoms with E-state index in [1.54, 1.807) is 0 Å². The fraction of sp³-hybridized carbons (Fsp3) is 0.769. The lowest BCUT2D eigenvalue weighted by atomic mass is 9.83. The summed E-state index contributed by atoms with van der Waals surface area (Å²) in [6, 6.07) is 0. The second-order valence-corrected chi connectivity index (χ2v) is 6.17. The summed E-state index contributed by atoms with van der Waals surface area (Å²) in [7, 11) is 0. The number of rotatable bonds is 3. The number of nitrogens with zero attached hydrogens (tertiary/aromatic N) is 1. The van der Waals surface area contributed by atoms with Crippen molar-refractivity contribution in [3.05, 3.63) is 15.6 Å². The van der Waals surface area contributed by atoms with E-state index in [9.17, 15) is 0 Å². The van der Waals surface area contributed by atoms with Crippen LogP contribution in [0.5, 0.6) is 0 Å². The fourth-order valence-electron chi connectivity index (χ4n) is 2.50. The van der Waals surface area contributed by atoms with Gasteiger partial charge in [0.05, 0.1) is 10.7 Å². The third kappa shape index (κ3) is 2.64. The summed E-state index contributed by atoms with van der Waals surface area (Å²) < 4.78 is 0. The molecule has 0 aliphatic heterocycles. The van der Waals surface area contributed by atoms with E-state index < -0.39 is 0 Å². The summed E-state index contributed by atoms with van der Waals surface area (Å²) in [4.78, 5) is 6.14. The van der Waals surface area contributed by atoms with Crippen molar-refractivity contribution in [2.45, 2.75) is 51.9 Å². The third-order valence-electron chi connectivity index (χ3n) is 3.65. The van der Waals surface area contributed by atoms with Gasteiger partial charge in [-0.25, -0.2) is 4.98 Å². The number of nitrogens with two attached hydrogens (primary N) is 1. The Morgan fingerprint density at radius 1 is 1.31 bits per heavy atom. The summed E-state index contributed by atoms with van der Waals surface area (Å²) in [5.41, 5.74) is 6.83. The van der Waals surface area contributed by atoms with Gasteiger partial charge < -0.3 is 5.73 Å². The number of thiazole rings is 1. The minimum absolute atomic E-state index is 0.728. The molecule has 0 aromatic carbocycles. The highest BCUT2D eigenvalue weighted by Crippen LogP contribution is 2.37. The van der Waals surface area contributed by atoms with Crippen molar-refractivity contribution in [2.75, 3.05) is 6.54 Å². The van der Waals surface area contributed by atoms with E-state index in [1.165, 1.54) is 41.3 Å². The average Bonchev–Trinajstić information content (AvgIpc) is 2.62. The van der Waals surface area contributed by atoms with E-state index in [2.05, 4.69) is 13.8 Å². The normalized spacial score (nSPS) is 25.9. The molecule has 0 amide bonds. The highest BCUT2D eigenvalue weighted by atomic mass is 32.1. The van der Waals surface area contributed by atoms with Crippen molar-refractivity contribution in [2.24, 2.45) is 11.7 Å². The summed E-state index contributed by atoms with van der Waals surface area (Å²) in [5.74, 6) is 1.65. The van der Waals surface area contributed by atoms with Crippen LogP contribution in [0.2, 0.25) is 0 Å². The van der Waals surface area contributed by atoms with Crippen LogP contribution in [0.4, 0.5) is 0 Å². The molecule has 0 bridgehead atoms. The molecule has 90 valence electrons. The van der Waals surface area contributed by atoms with Crippen molar-refractivity contribution >= 4 is 11.3 Å². The second kappa shape index (κ2) is 5.28. The van der Waals surface area contributed by atoms with Crippen molar-refractivity contribution in [1.82, 2.24) is 4.98 Å². The molecule has 2 rings (SSSR count). The van der Waals surface area contributed by atoms with Gasteiger partial charge in [0.2, 0.25) is 0 Å². The quantitative estimate of drug-likeness (QED) is 0.878. The molecule has 1 aliphatic rings. The zero-order valence-corrected chi connectivity index (χ0v) is 11.1. The third-order valence-corrected chi connectivity index (χ3v) is 5.03. The second-order valence-electron chi connectivity index (χ2n) is 5.06. The lowest BCUT2D eigenvalue weighted by Crippen LogP contribution is -2.10. The topological polar surface area (TPSA) is 38.9 Å². The Hall–Kier alpha value is -0.410. The molecule has 0 unspecified atom stereocenters. The van der Waals surface area contributed by atoms with Gasteiger partial charge >= 0.3 is 0 Å². The highest BCUT2D eigenvalue weighted by Gasteiger charge is 2.22. The van der Waals surface area contributed by atoms with Crippen LogP contribution in [-0.4, -0.2) is 11.5 Å². The van der Waals surface area contributed by atoms with Crippen LogP contribution in [0.3, 0.4) is 0 Å². The molecule has 0 atom stereocenters. The molecule has 0 saturated heterocycles. The predicted molar refractivity (Wildman–Crippen MR) is 70.0 cm³/mol. The van der Waals surface area contributed by atoms with Gasteiger partial charge in [0.1, 0.15) is 0 Å². The smallest absolute Gasteiger partial charge is 0.0961 e. The van der Waals surface area contributed by atoms with E-state index in [-0.39, 0.29) is 0 Å². The number of hydrogen-bond acceptors (Lipinski definition) is 3. The van der Waals surface area contributed by atoms with Crippen molar-refractivity contribution < 1.29 is 0 Å². The first-order valence-electron chi connectivity index (χ1n) is 6.37. The van der Waals surface area contributed by atoms with Crippen LogP contribution in [0.1, 0.15) is 54.1 Å². The Morgan fingerprint density at radius 3 is 2.62 bits per heavy atom. The van der Waals surface area contributed by atoms with E-state index in [4.69, 9.17) is 10.7 Å². The molecule has 1 fully saturated rings. The minimum Gasteiger partial charge on any atom is -0.330 e. The molecule has 0 spiro atoms. The summed E-state index contributed by atoms with van der Waals surface area (Å²) in [6.45, 7) is 5.23.